The number of aromatic nitrogens is 1. The van der Waals surface area contributed by atoms with Gasteiger partial charge in [0.2, 0.25) is 10.0 Å². The summed E-state index contributed by atoms with van der Waals surface area (Å²) in [6.45, 7) is 6.96. The molecule has 4 rings (SSSR count). The summed E-state index contributed by atoms with van der Waals surface area (Å²) < 4.78 is 34.3. The van der Waals surface area contributed by atoms with Gasteiger partial charge in [0, 0.05) is 56.9 Å². The molecule has 8 nitrogen and oxygen atoms in total. The number of hydrogen-bond acceptors (Lipinski definition) is 8. The van der Waals surface area contributed by atoms with E-state index in [1.165, 1.54) is 12.1 Å². The van der Waals surface area contributed by atoms with Gasteiger partial charge in [-0.05, 0) is 43.3 Å². The molecule has 1 atom stereocenters. The Morgan fingerprint density at radius 3 is 2.59 bits per heavy atom. The zero-order valence-corrected chi connectivity index (χ0v) is 21.4. The lowest BCUT2D eigenvalue weighted by Gasteiger charge is -2.35. The van der Waals surface area contributed by atoms with E-state index >= 15 is 0 Å². The second kappa shape index (κ2) is 11.3. The Balaban J connectivity index is 1.14. The number of benzene rings is 2. The predicted molar refractivity (Wildman–Crippen MR) is 135 cm³/mol. The maximum absolute atomic E-state index is 12.4. The molecule has 2 N–H and O–H groups in total. The lowest BCUT2D eigenvalue weighted by atomic mass is 10.2. The zero-order valence-electron chi connectivity index (χ0n) is 19.0. The third-order valence-corrected chi connectivity index (χ3v) is 8.37. The molecule has 11 heteroatoms. The first kappa shape index (κ1) is 25.3. The van der Waals surface area contributed by atoms with E-state index in [1.807, 2.05) is 25.1 Å². The minimum Gasteiger partial charge on any atom is -0.491 e. The lowest BCUT2D eigenvalue weighted by Crippen LogP contribution is -2.50. The third kappa shape index (κ3) is 6.88. The van der Waals surface area contributed by atoms with Crippen molar-refractivity contribution in [2.24, 2.45) is 0 Å². The number of sulfonamides is 1. The maximum Gasteiger partial charge on any atom is 0.240 e. The summed E-state index contributed by atoms with van der Waals surface area (Å²) in [5, 5.41) is 11.9. The van der Waals surface area contributed by atoms with Crippen LogP contribution in [0.1, 0.15) is 5.01 Å². The summed E-state index contributed by atoms with van der Waals surface area (Å²) in [5.41, 5.74) is 0.918. The van der Waals surface area contributed by atoms with Gasteiger partial charge in [-0.25, -0.2) is 18.1 Å². The fraction of sp³-hybridized carbons (Fsp3) is 0.435. The fourth-order valence-corrected chi connectivity index (χ4v) is 5.84. The van der Waals surface area contributed by atoms with Gasteiger partial charge in [-0.1, -0.05) is 11.6 Å². The zero-order chi connectivity index (χ0) is 24.1. The average Bonchev–Trinajstić information content (AvgIpc) is 3.18. The van der Waals surface area contributed by atoms with Crippen LogP contribution in [-0.2, 0) is 10.0 Å². The Kier molecular flexibility index (Phi) is 8.41. The number of nitrogens with zero attached hydrogens (tertiary/aromatic N) is 3. The van der Waals surface area contributed by atoms with E-state index in [0.717, 1.165) is 41.4 Å². The van der Waals surface area contributed by atoms with Gasteiger partial charge in [-0.2, -0.15) is 0 Å². The molecule has 184 valence electrons. The average molecular weight is 525 g/mol. The van der Waals surface area contributed by atoms with Crippen LogP contribution in [0.5, 0.6) is 5.75 Å². The molecule has 1 unspecified atom stereocenters. The van der Waals surface area contributed by atoms with Crippen LogP contribution < -0.4 is 9.46 Å². The molecule has 0 spiro atoms. The van der Waals surface area contributed by atoms with E-state index in [9.17, 15) is 13.5 Å². The molecule has 0 aliphatic carbocycles. The van der Waals surface area contributed by atoms with Gasteiger partial charge in [0.05, 0.1) is 20.1 Å². The Morgan fingerprint density at radius 1 is 1.15 bits per heavy atom. The summed E-state index contributed by atoms with van der Waals surface area (Å²) in [6.07, 6.45) is -0.592. The molecule has 3 aromatic rings. The van der Waals surface area contributed by atoms with E-state index in [2.05, 4.69) is 19.5 Å². The second-order valence-electron chi connectivity index (χ2n) is 8.32. The highest BCUT2D eigenvalue weighted by Crippen LogP contribution is 2.25. The Labute approximate surface area is 209 Å². The number of halogens is 1. The van der Waals surface area contributed by atoms with E-state index in [4.69, 9.17) is 16.3 Å². The Bertz CT molecular complexity index is 1200. The number of aryl methyl sites for hydroxylation is 1. The van der Waals surface area contributed by atoms with Gasteiger partial charge in [0.15, 0.2) is 0 Å². The van der Waals surface area contributed by atoms with Crippen molar-refractivity contribution in [1.29, 1.82) is 0 Å². The van der Waals surface area contributed by atoms with Crippen molar-refractivity contribution in [1.82, 2.24) is 19.5 Å². The van der Waals surface area contributed by atoms with Gasteiger partial charge < -0.3 is 9.84 Å². The summed E-state index contributed by atoms with van der Waals surface area (Å²) in [5.74, 6) is 0.711. The Hall–Kier alpha value is -1.79. The minimum atomic E-state index is -3.54. The summed E-state index contributed by atoms with van der Waals surface area (Å²) >= 11 is 7.47. The molecule has 1 aliphatic rings. The molecule has 1 saturated heterocycles. The normalized spacial score (nSPS) is 16.7. The number of piperazine rings is 1. The highest BCUT2D eigenvalue weighted by molar-refractivity contribution is 7.89. The molecule has 0 radical (unpaired) electrons. The van der Waals surface area contributed by atoms with Crippen molar-refractivity contribution in [3.05, 3.63) is 52.5 Å². The molecule has 34 heavy (non-hydrogen) atoms. The summed E-state index contributed by atoms with van der Waals surface area (Å²) in [6, 6.07) is 11.9. The van der Waals surface area contributed by atoms with Crippen molar-refractivity contribution < 1.29 is 18.3 Å². The SMILES string of the molecule is Cc1nc2cc(OCC(O)CN3CCN(CCNS(=O)(=O)c4ccc(Cl)cc4)CC3)ccc2s1. The van der Waals surface area contributed by atoms with Gasteiger partial charge in [0.25, 0.3) is 0 Å². The molecule has 1 aromatic heterocycles. The first-order chi connectivity index (χ1) is 16.3. The van der Waals surface area contributed by atoms with Crippen LogP contribution in [-0.4, -0.2) is 86.8 Å². The number of nitrogens with one attached hydrogen (secondary N) is 1. The number of hydrogen-bond donors (Lipinski definition) is 2. The van der Waals surface area contributed by atoms with Gasteiger partial charge in [0.1, 0.15) is 18.5 Å². The van der Waals surface area contributed by atoms with E-state index in [-0.39, 0.29) is 11.5 Å². The summed E-state index contributed by atoms with van der Waals surface area (Å²) in [4.78, 5) is 9.10. The van der Waals surface area contributed by atoms with Crippen molar-refractivity contribution in [3.63, 3.8) is 0 Å². The van der Waals surface area contributed by atoms with E-state index in [1.54, 1.807) is 23.5 Å². The maximum atomic E-state index is 12.4. The quantitative estimate of drug-likeness (QED) is 0.421. The first-order valence-corrected chi connectivity index (χ1v) is 13.8. The number of rotatable bonds is 10. The third-order valence-electron chi connectivity index (χ3n) is 5.69. The van der Waals surface area contributed by atoms with Gasteiger partial charge in [-0.15, -0.1) is 11.3 Å². The Morgan fingerprint density at radius 2 is 1.85 bits per heavy atom. The molecular weight excluding hydrogens is 496 g/mol. The second-order valence-corrected chi connectivity index (χ2v) is 11.8. The lowest BCUT2D eigenvalue weighted by molar-refractivity contribution is 0.0465. The van der Waals surface area contributed by atoms with Crippen LogP contribution in [0.2, 0.25) is 5.02 Å². The van der Waals surface area contributed by atoms with Gasteiger partial charge in [-0.3, -0.25) is 9.80 Å². The first-order valence-electron chi connectivity index (χ1n) is 11.2. The standard InChI is InChI=1S/C23H29ClN4O4S2/c1-17-26-22-14-20(4-7-23(22)33-17)32-16-19(29)15-28-12-10-27(11-13-28)9-8-25-34(30,31)21-5-2-18(24)3-6-21/h2-7,14,19,25,29H,8-13,15-16H2,1H3. The molecule has 0 bridgehead atoms. The number of ether oxygens (including phenoxy) is 1. The van der Waals surface area contributed by atoms with E-state index in [0.29, 0.717) is 30.4 Å². The van der Waals surface area contributed by atoms with Crippen LogP contribution in [0.4, 0.5) is 0 Å². The molecule has 1 fully saturated rings. The van der Waals surface area contributed by atoms with Crippen molar-refractivity contribution in [2.45, 2.75) is 17.9 Å². The van der Waals surface area contributed by atoms with Crippen molar-refractivity contribution in [2.75, 3.05) is 52.4 Å². The number of aliphatic hydroxyl groups excluding tert-OH is 1. The smallest absolute Gasteiger partial charge is 0.240 e. The molecule has 2 heterocycles. The number of thiazole rings is 1. The predicted octanol–water partition coefficient (Wildman–Crippen LogP) is 2.59. The molecule has 1 aliphatic heterocycles. The molecular formula is C23H29ClN4O4S2. The molecule has 0 saturated carbocycles. The monoisotopic (exact) mass is 524 g/mol. The van der Waals surface area contributed by atoms with Crippen LogP contribution in [0.3, 0.4) is 0 Å². The minimum absolute atomic E-state index is 0.208. The number of fused-ring (bicyclic) bond motifs is 1. The summed E-state index contributed by atoms with van der Waals surface area (Å²) in [7, 11) is -3.54. The van der Waals surface area contributed by atoms with Crippen LogP contribution in [0.15, 0.2) is 47.4 Å². The van der Waals surface area contributed by atoms with Crippen LogP contribution in [0.25, 0.3) is 10.2 Å². The highest BCUT2D eigenvalue weighted by atomic mass is 35.5. The van der Waals surface area contributed by atoms with Gasteiger partial charge >= 0.3 is 0 Å². The fourth-order valence-electron chi connectivity index (χ4n) is 3.89. The topological polar surface area (TPSA) is 95.0 Å². The largest absolute Gasteiger partial charge is 0.491 e. The molecule has 2 aromatic carbocycles. The van der Waals surface area contributed by atoms with Crippen molar-refractivity contribution >= 4 is 43.2 Å². The highest BCUT2D eigenvalue weighted by Gasteiger charge is 2.20. The van der Waals surface area contributed by atoms with Crippen molar-refractivity contribution in [3.8, 4) is 5.75 Å². The van der Waals surface area contributed by atoms with Crippen LogP contribution >= 0.6 is 22.9 Å². The number of aliphatic hydroxyl groups is 1. The van der Waals surface area contributed by atoms with Crippen LogP contribution in [0, 0.1) is 6.92 Å². The van der Waals surface area contributed by atoms with E-state index < -0.39 is 16.1 Å². The number of β-amino-alcohol motifs (C(OH)–C–C–N with tert-alkyl or cyclic N) is 1. The molecule has 0 amide bonds.